The molecule has 1 heterocycles. The van der Waals surface area contributed by atoms with Gasteiger partial charge in [-0.2, -0.15) is 0 Å². The van der Waals surface area contributed by atoms with Crippen molar-refractivity contribution in [3.8, 4) is 0 Å². The molecule has 2 nitrogen and oxygen atoms in total. The van der Waals surface area contributed by atoms with Gasteiger partial charge < -0.3 is 10.7 Å². The van der Waals surface area contributed by atoms with Gasteiger partial charge in [0, 0.05) is 26.3 Å². The number of hydrogen-bond acceptors (Lipinski definition) is 2. The van der Waals surface area contributed by atoms with Crippen molar-refractivity contribution in [3.63, 3.8) is 0 Å². The molecule has 2 aromatic carbocycles. The van der Waals surface area contributed by atoms with Gasteiger partial charge in [0.1, 0.15) is 0 Å². The fourth-order valence-electron chi connectivity index (χ4n) is 2.19. The number of halogens is 1. The lowest BCUT2D eigenvalue weighted by atomic mass is 10.1. The number of nitrogens with two attached hydrogens (primary N) is 1. The second-order valence-electron chi connectivity index (χ2n) is 4.79. The van der Waals surface area contributed by atoms with Gasteiger partial charge >= 0.3 is 0 Å². The zero-order valence-corrected chi connectivity index (χ0v) is 13.5. The fraction of sp³-hybridized carbons (Fsp3) is 0.125. The van der Waals surface area contributed by atoms with E-state index in [1.54, 1.807) is 11.8 Å². The number of fused-ring (bicyclic) bond motifs is 1. The third-order valence-corrected chi connectivity index (χ3v) is 4.70. The molecule has 4 heteroatoms. The minimum atomic E-state index is 0.0231. The molecule has 20 heavy (non-hydrogen) atoms. The van der Waals surface area contributed by atoms with E-state index in [0.717, 1.165) is 20.6 Å². The van der Waals surface area contributed by atoms with Crippen LogP contribution in [0, 0.1) is 0 Å². The van der Waals surface area contributed by atoms with Gasteiger partial charge in [-0.05, 0) is 36.8 Å². The maximum atomic E-state index is 6.05. The van der Waals surface area contributed by atoms with Crippen LogP contribution >= 0.6 is 27.7 Å². The lowest BCUT2D eigenvalue weighted by molar-refractivity contribution is 0.796. The van der Waals surface area contributed by atoms with Crippen molar-refractivity contribution in [1.29, 1.82) is 0 Å². The first kappa shape index (κ1) is 13.7. The third kappa shape index (κ3) is 2.77. The molecule has 3 N–H and O–H groups in total. The molecule has 3 rings (SSSR count). The van der Waals surface area contributed by atoms with Crippen molar-refractivity contribution < 1.29 is 0 Å². The summed E-state index contributed by atoms with van der Waals surface area (Å²) in [5.41, 5.74) is 8.38. The lowest BCUT2D eigenvalue weighted by Gasteiger charge is -2.12. The monoisotopic (exact) mass is 346 g/mol. The standard InChI is InChI=1S/C16H15BrN2S/c1-10(18)13-7-6-12(17)9-15(13)20-16-8-11-4-2-3-5-14(11)19-16/h2-10,19H,18H2,1H3. The van der Waals surface area contributed by atoms with Crippen molar-refractivity contribution in [2.75, 3.05) is 0 Å². The van der Waals surface area contributed by atoms with Gasteiger partial charge in [0.2, 0.25) is 0 Å². The van der Waals surface area contributed by atoms with Crippen molar-refractivity contribution in [2.45, 2.75) is 22.9 Å². The number of hydrogen-bond donors (Lipinski definition) is 2. The predicted molar refractivity (Wildman–Crippen MR) is 89.2 cm³/mol. The first-order valence-corrected chi connectivity index (χ1v) is 8.05. The SMILES string of the molecule is CC(N)c1ccc(Br)cc1Sc1cc2ccccc2[nH]1. The molecule has 0 aliphatic rings. The van der Waals surface area contributed by atoms with Crippen LogP contribution in [0.25, 0.3) is 10.9 Å². The minimum absolute atomic E-state index is 0.0231. The Hall–Kier alpha value is -1.23. The number of nitrogens with one attached hydrogen (secondary N) is 1. The van der Waals surface area contributed by atoms with Crippen molar-refractivity contribution in [2.24, 2.45) is 5.73 Å². The first-order chi connectivity index (χ1) is 9.63. The first-order valence-electron chi connectivity index (χ1n) is 6.44. The van der Waals surface area contributed by atoms with E-state index in [2.05, 4.69) is 57.3 Å². The molecule has 1 aromatic heterocycles. The normalized spacial score (nSPS) is 12.8. The summed E-state index contributed by atoms with van der Waals surface area (Å²) >= 11 is 5.25. The summed E-state index contributed by atoms with van der Waals surface area (Å²) in [7, 11) is 0. The van der Waals surface area contributed by atoms with Crippen molar-refractivity contribution in [3.05, 3.63) is 58.6 Å². The molecule has 0 aliphatic heterocycles. The van der Waals surface area contributed by atoms with Gasteiger partial charge in [0.25, 0.3) is 0 Å². The molecular weight excluding hydrogens is 332 g/mol. The van der Waals surface area contributed by atoms with E-state index in [9.17, 15) is 0 Å². The number of para-hydroxylation sites is 1. The summed E-state index contributed by atoms with van der Waals surface area (Å²) in [6.45, 7) is 2.01. The quantitative estimate of drug-likeness (QED) is 0.692. The molecule has 3 aromatic rings. The van der Waals surface area contributed by atoms with E-state index in [1.165, 1.54) is 10.3 Å². The number of H-pyrrole nitrogens is 1. The largest absolute Gasteiger partial charge is 0.349 e. The summed E-state index contributed by atoms with van der Waals surface area (Å²) in [6, 6.07) is 16.7. The number of rotatable bonds is 3. The highest BCUT2D eigenvalue weighted by atomic mass is 79.9. The average Bonchev–Trinajstić information content (AvgIpc) is 2.80. The molecule has 1 unspecified atom stereocenters. The maximum absolute atomic E-state index is 6.05. The van der Waals surface area contributed by atoms with Crippen molar-refractivity contribution >= 4 is 38.6 Å². The number of benzene rings is 2. The van der Waals surface area contributed by atoms with Crippen LogP contribution in [0.15, 0.2) is 62.9 Å². The van der Waals surface area contributed by atoms with Gasteiger partial charge in [-0.25, -0.2) is 0 Å². The molecule has 0 bridgehead atoms. The highest BCUT2D eigenvalue weighted by Gasteiger charge is 2.10. The topological polar surface area (TPSA) is 41.8 Å². The predicted octanol–water partition coefficient (Wildman–Crippen LogP) is 5.10. The Labute approximate surface area is 130 Å². The Kier molecular flexibility index (Phi) is 3.87. The van der Waals surface area contributed by atoms with Gasteiger partial charge in [0.05, 0.1) is 5.03 Å². The van der Waals surface area contributed by atoms with E-state index in [4.69, 9.17) is 5.73 Å². The molecule has 0 fully saturated rings. The maximum Gasteiger partial charge on any atom is 0.0781 e. The average molecular weight is 347 g/mol. The molecule has 1 atom stereocenters. The Bertz CT molecular complexity index is 716. The molecular formula is C16H15BrN2S. The molecule has 0 saturated heterocycles. The molecule has 0 aliphatic carbocycles. The second-order valence-corrected chi connectivity index (χ2v) is 6.79. The van der Waals surface area contributed by atoms with Crippen LogP contribution < -0.4 is 5.73 Å². The van der Waals surface area contributed by atoms with E-state index >= 15 is 0 Å². The van der Waals surface area contributed by atoms with Gasteiger partial charge in [-0.1, -0.05) is 52.0 Å². The van der Waals surface area contributed by atoms with Crippen LogP contribution in [-0.4, -0.2) is 4.98 Å². The van der Waals surface area contributed by atoms with Gasteiger partial charge in [-0.15, -0.1) is 0 Å². The van der Waals surface area contributed by atoms with E-state index in [-0.39, 0.29) is 6.04 Å². The zero-order valence-electron chi connectivity index (χ0n) is 11.1. The van der Waals surface area contributed by atoms with Crippen LogP contribution in [0.2, 0.25) is 0 Å². The number of aromatic amines is 1. The smallest absolute Gasteiger partial charge is 0.0781 e. The summed E-state index contributed by atoms with van der Waals surface area (Å²) in [5, 5.41) is 2.36. The summed E-state index contributed by atoms with van der Waals surface area (Å²) in [6.07, 6.45) is 0. The fourth-order valence-corrected chi connectivity index (χ4v) is 3.85. The second kappa shape index (κ2) is 5.64. The van der Waals surface area contributed by atoms with E-state index in [1.807, 2.05) is 19.1 Å². The van der Waals surface area contributed by atoms with Crippen LogP contribution in [0.1, 0.15) is 18.5 Å². The van der Waals surface area contributed by atoms with Crippen LogP contribution in [0.4, 0.5) is 0 Å². The van der Waals surface area contributed by atoms with Crippen molar-refractivity contribution in [1.82, 2.24) is 4.98 Å². The summed E-state index contributed by atoms with van der Waals surface area (Å²) in [5.74, 6) is 0. The van der Waals surface area contributed by atoms with Crippen LogP contribution in [0.5, 0.6) is 0 Å². The van der Waals surface area contributed by atoms with Crippen LogP contribution in [0.3, 0.4) is 0 Å². The Balaban J connectivity index is 1.99. The Morgan fingerprint density at radius 2 is 1.95 bits per heavy atom. The number of aromatic nitrogens is 1. The third-order valence-electron chi connectivity index (χ3n) is 3.19. The summed E-state index contributed by atoms with van der Waals surface area (Å²) in [4.78, 5) is 4.62. The van der Waals surface area contributed by atoms with E-state index in [0.29, 0.717) is 0 Å². The molecule has 0 amide bonds. The molecule has 0 radical (unpaired) electrons. The highest BCUT2D eigenvalue weighted by molar-refractivity contribution is 9.10. The summed E-state index contributed by atoms with van der Waals surface area (Å²) < 4.78 is 1.07. The Morgan fingerprint density at radius 1 is 1.15 bits per heavy atom. The highest BCUT2D eigenvalue weighted by Crippen LogP contribution is 2.35. The molecule has 0 spiro atoms. The zero-order chi connectivity index (χ0) is 14.1. The molecule has 0 saturated carbocycles. The lowest BCUT2D eigenvalue weighted by Crippen LogP contribution is -2.06. The van der Waals surface area contributed by atoms with E-state index < -0.39 is 0 Å². The minimum Gasteiger partial charge on any atom is -0.349 e. The van der Waals surface area contributed by atoms with Gasteiger partial charge in [-0.3, -0.25) is 0 Å². The molecule has 102 valence electrons. The Morgan fingerprint density at radius 3 is 2.70 bits per heavy atom. The van der Waals surface area contributed by atoms with Gasteiger partial charge in [0.15, 0.2) is 0 Å². The van der Waals surface area contributed by atoms with Crippen LogP contribution in [-0.2, 0) is 0 Å².